The number of anilines is 2. The Kier molecular flexibility index (Phi) is 8.82. The molecule has 0 fully saturated rings. The number of carbonyl (C=O) groups is 1. The molecule has 0 saturated heterocycles. The summed E-state index contributed by atoms with van der Waals surface area (Å²) < 4.78 is 0. The van der Waals surface area contributed by atoms with Gasteiger partial charge < -0.3 is 26.6 Å². The Hall–Kier alpha value is -4.35. The lowest BCUT2D eigenvalue weighted by Gasteiger charge is -2.18. The smallest absolute Gasteiger partial charge is 0.251 e. The third-order valence-corrected chi connectivity index (χ3v) is 5.37. The number of rotatable bonds is 10. The van der Waals surface area contributed by atoms with Crippen molar-refractivity contribution in [3.63, 3.8) is 0 Å². The number of nitrogens with one attached hydrogen (secondary N) is 3. The second-order valence-corrected chi connectivity index (χ2v) is 8.19. The van der Waals surface area contributed by atoms with Gasteiger partial charge >= 0.3 is 0 Å². The quantitative estimate of drug-likeness (QED) is 0.152. The molecular formula is C27H29N5O3. The van der Waals surface area contributed by atoms with E-state index in [9.17, 15) is 9.90 Å². The third kappa shape index (κ3) is 7.32. The standard InChI is InChI=1S/C27H29N5O3/c1-18(15-23(34)6-4-14-33)32-21-10-7-19(8-11-21)26(29)24-16-20(9-12-25(24)28)27(35)31-17-22-5-2-3-13-30-22/h2-3,5,7-13,16,18,23,29,32-34H,6,15,17,28H2,1H3,(H,31,35). The fourth-order valence-electron chi connectivity index (χ4n) is 3.58. The van der Waals surface area contributed by atoms with E-state index < -0.39 is 6.10 Å². The predicted octanol–water partition coefficient (Wildman–Crippen LogP) is 3.28. The van der Waals surface area contributed by atoms with Crippen molar-refractivity contribution in [2.75, 3.05) is 11.1 Å². The van der Waals surface area contributed by atoms with Crippen molar-refractivity contribution in [1.29, 1.82) is 5.41 Å². The number of hydrogen-bond donors (Lipinski definition) is 6. The first-order chi connectivity index (χ1) is 16.9. The molecule has 2 aromatic carbocycles. The molecule has 8 heteroatoms. The maximum atomic E-state index is 12.6. The van der Waals surface area contributed by atoms with Crippen LogP contribution in [0, 0.1) is 17.4 Å². The van der Waals surface area contributed by atoms with Crippen LogP contribution in [0.2, 0.25) is 0 Å². The molecule has 35 heavy (non-hydrogen) atoms. The summed E-state index contributed by atoms with van der Waals surface area (Å²) in [6.45, 7) is 2.24. The first kappa shape index (κ1) is 25.3. The largest absolute Gasteiger partial charge is 0.462 e. The van der Waals surface area contributed by atoms with Gasteiger partial charge in [0.1, 0.15) is 6.11 Å². The molecule has 0 saturated carbocycles. The molecule has 7 N–H and O–H groups in total. The SMILES string of the molecule is CC(CC(O)CC#CO)Nc1ccc(C(=N)c2cc(C(=O)NCc3ccccn3)ccc2N)cc1. The fraction of sp³-hybridized carbons (Fsp3) is 0.222. The van der Waals surface area contributed by atoms with Crippen molar-refractivity contribution < 1.29 is 15.0 Å². The first-order valence-corrected chi connectivity index (χ1v) is 11.2. The number of nitrogens with zero attached hydrogens (tertiary/aromatic N) is 1. The number of pyridine rings is 1. The van der Waals surface area contributed by atoms with E-state index in [-0.39, 0.29) is 24.1 Å². The van der Waals surface area contributed by atoms with Crippen LogP contribution in [-0.2, 0) is 6.54 Å². The summed E-state index contributed by atoms with van der Waals surface area (Å²) >= 11 is 0. The predicted molar refractivity (Wildman–Crippen MR) is 137 cm³/mol. The summed E-state index contributed by atoms with van der Waals surface area (Å²) in [5.74, 6) is 2.18. The molecule has 2 atom stereocenters. The highest BCUT2D eigenvalue weighted by Gasteiger charge is 2.14. The zero-order valence-electron chi connectivity index (χ0n) is 19.5. The van der Waals surface area contributed by atoms with Gasteiger partial charge in [-0.15, -0.1) is 0 Å². The Morgan fingerprint density at radius 2 is 1.89 bits per heavy atom. The van der Waals surface area contributed by atoms with Crippen LogP contribution in [0.5, 0.6) is 0 Å². The first-order valence-electron chi connectivity index (χ1n) is 11.2. The minimum Gasteiger partial charge on any atom is -0.462 e. The highest BCUT2D eigenvalue weighted by molar-refractivity contribution is 6.15. The molecule has 0 aliphatic rings. The van der Waals surface area contributed by atoms with Crippen LogP contribution in [0.3, 0.4) is 0 Å². The monoisotopic (exact) mass is 471 g/mol. The highest BCUT2D eigenvalue weighted by Crippen LogP contribution is 2.21. The van der Waals surface area contributed by atoms with Crippen LogP contribution >= 0.6 is 0 Å². The molecule has 2 unspecified atom stereocenters. The maximum absolute atomic E-state index is 12.6. The second kappa shape index (κ2) is 12.2. The zero-order chi connectivity index (χ0) is 25.2. The lowest BCUT2D eigenvalue weighted by Crippen LogP contribution is -2.23. The molecule has 1 aromatic heterocycles. The number of hydrogen-bond acceptors (Lipinski definition) is 7. The fourth-order valence-corrected chi connectivity index (χ4v) is 3.58. The van der Waals surface area contributed by atoms with Gasteiger partial charge in [-0.25, -0.2) is 0 Å². The number of aromatic nitrogens is 1. The van der Waals surface area contributed by atoms with E-state index in [2.05, 4.69) is 21.5 Å². The number of aliphatic hydroxyl groups excluding tert-OH is 2. The van der Waals surface area contributed by atoms with E-state index in [0.717, 1.165) is 11.4 Å². The molecule has 8 nitrogen and oxygen atoms in total. The summed E-state index contributed by atoms with van der Waals surface area (Å²) in [7, 11) is 0. The zero-order valence-corrected chi connectivity index (χ0v) is 19.5. The summed E-state index contributed by atoms with van der Waals surface area (Å²) in [5, 5.41) is 33.2. The Balaban J connectivity index is 1.65. The van der Waals surface area contributed by atoms with E-state index in [1.54, 1.807) is 42.6 Å². The van der Waals surface area contributed by atoms with E-state index in [4.69, 9.17) is 16.2 Å². The number of carbonyl (C=O) groups excluding carboxylic acids is 1. The summed E-state index contributed by atoms with van der Waals surface area (Å²) in [4.78, 5) is 16.8. The van der Waals surface area contributed by atoms with E-state index in [1.165, 1.54) is 0 Å². The second-order valence-electron chi connectivity index (χ2n) is 8.19. The summed E-state index contributed by atoms with van der Waals surface area (Å²) in [6.07, 6.45) is 3.51. The van der Waals surface area contributed by atoms with Crippen molar-refractivity contribution in [2.24, 2.45) is 0 Å². The number of nitrogens with two attached hydrogens (primary N) is 1. The molecule has 0 bridgehead atoms. The topological polar surface area (TPSA) is 144 Å². The summed E-state index contributed by atoms with van der Waals surface area (Å²) in [6, 6.07) is 17.7. The third-order valence-electron chi connectivity index (χ3n) is 5.37. The van der Waals surface area contributed by atoms with Crippen LogP contribution < -0.4 is 16.4 Å². The van der Waals surface area contributed by atoms with Crippen molar-refractivity contribution in [3.05, 3.63) is 89.2 Å². The maximum Gasteiger partial charge on any atom is 0.251 e. The molecule has 0 spiro atoms. The van der Waals surface area contributed by atoms with E-state index >= 15 is 0 Å². The number of benzene rings is 2. The van der Waals surface area contributed by atoms with Crippen LogP contribution in [0.1, 0.15) is 46.9 Å². The van der Waals surface area contributed by atoms with E-state index in [0.29, 0.717) is 35.3 Å². The lowest BCUT2D eigenvalue weighted by molar-refractivity contribution is 0.0950. The molecule has 0 radical (unpaired) electrons. The van der Waals surface area contributed by atoms with E-state index in [1.807, 2.05) is 37.3 Å². The molecule has 0 aliphatic heterocycles. The van der Waals surface area contributed by atoms with Gasteiger partial charge in [-0.1, -0.05) is 24.1 Å². The van der Waals surface area contributed by atoms with Crippen LogP contribution in [0.4, 0.5) is 11.4 Å². The average Bonchev–Trinajstić information content (AvgIpc) is 2.87. The number of nitrogen functional groups attached to an aromatic ring is 1. The Bertz CT molecular complexity index is 1220. The van der Waals surface area contributed by atoms with Gasteiger partial charge in [0, 0.05) is 46.7 Å². The van der Waals surface area contributed by atoms with Crippen molar-refractivity contribution >= 4 is 23.0 Å². The van der Waals surface area contributed by atoms with Gasteiger partial charge in [0.25, 0.3) is 5.91 Å². The Labute approximate surface area is 204 Å². The van der Waals surface area contributed by atoms with Crippen molar-refractivity contribution in [2.45, 2.75) is 38.5 Å². The Morgan fingerprint density at radius 3 is 2.57 bits per heavy atom. The van der Waals surface area contributed by atoms with Crippen LogP contribution in [0.15, 0.2) is 66.9 Å². The Morgan fingerprint density at radius 1 is 1.14 bits per heavy atom. The van der Waals surface area contributed by atoms with Gasteiger partial charge in [-0.2, -0.15) is 0 Å². The van der Waals surface area contributed by atoms with Crippen molar-refractivity contribution in [3.8, 4) is 12.0 Å². The number of aliphatic hydroxyl groups is 2. The van der Waals surface area contributed by atoms with Gasteiger partial charge in [-0.3, -0.25) is 15.2 Å². The minimum atomic E-state index is -0.638. The average molecular weight is 472 g/mol. The molecule has 180 valence electrons. The summed E-state index contributed by atoms with van der Waals surface area (Å²) in [5.41, 5.74) is 9.86. The lowest BCUT2D eigenvalue weighted by atomic mass is 9.98. The van der Waals surface area contributed by atoms with Crippen molar-refractivity contribution in [1.82, 2.24) is 10.3 Å². The normalized spacial score (nSPS) is 12.1. The number of amides is 1. The van der Waals surface area contributed by atoms with Gasteiger partial charge in [0.2, 0.25) is 0 Å². The van der Waals surface area contributed by atoms with Gasteiger partial charge in [-0.05, 0) is 55.8 Å². The molecule has 1 amide bonds. The molecule has 0 aliphatic carbocycles. The minimum absolute atomic E-state index is 0.0206. The molecule has 1 heterocycles. The highest BCUT2D eigenvalue weighted by atomic mass is 16.3. The van der Waals surface area contributed by atoms with Crippen LogP contribution in [-0.4, -0.2) is 39.0 Å². The molecule has 3 rings (SSSR count). The molecular weight excluding hydrogens is 442 g/mol. The van der Waals surface area contributed by atoms with Gasteiger partial charge in [0.15, 0.2) is 0 Å². The molecule has 3 aromatic rings. The van der Waals surface area contributed by atoms with Crippen LogP contribution in [0.25, 0.3) is 0 Å². The van der Waals surface area contributed by atoms with Gasteiger partial charge in [0.05, 0.1) is 24.1 Å².